The molecule has 9 nitrogen and oxygen atoms in total. The molecule has 0 aliphatic heterocycles. The first-order chi connectivity index (χ1) is 21.6. The lowest BCUT2D eigenvalue weighted by Gasteiger charge is -2.23. The molecule has 0 unspecified atom stereocenters. The van der Waals surface area contributed by atoms with E-state index in [-0.39, 0.29) is 21.6 Å². The van der Waals surface area contributed by atoms with Gasteiger partial charge in [-0.2, -0.15) is 8.42 Å². The van der Waals surface area contributed by atoms with Crippen LogP contribution in [-0.2, 0) is 23.2 Å². The highest BCUT2D eigenvalue weighted by Gasteiger charge is 2.27. The van der Waals surface area contributed by atoms with E-state index in [9.17, 15) is 32.8 Å². The van der Waals surface area contributed by atoms with Crippen LogP contribution in [0.25, 0.3) is 0 Å². The molecule has 10 heteroatoms. The number of carboxylic acid groups (broad SMARTS) is 2. The number of hydrogen-bond donors (Lipinski definition) is 5. The van der Waals surface area contributed by atoms with E-state index in [0.717, 1.165) is 11.1 Å². The summed E-state index contributed by atoms with van der Waals surface area (Å²) in [6.07, 6.45) is 0. The van der Waals surface area contributed by atoms with E-state index in [0.29, 0.717) is 35.6 Å². The van der Waals surface area contributed by atoms with Crippen LogP contribution < -0.4 is 10.6 Å². The molecule has 0 aromatic heterocycles. The van der Waals surface area contributed by atoms with Gasteiger partial charge in [0.2, 0.25) is 0 Å². The van der Waals surface area contributed by atoms with Crippen LogP contribution >= 0.6 is 0 Å². The SMILES string of the molecule is O=C(O)c1cc(C(c2ccc(NCc3ccccc3)c(C(=O)O)c2)c2ccccc2S(=O)(=O)O)ccc1NCc1ccccc1. The number of carbonyl (C=O) groups is 2. The molecule has 0 fully saturated rings. The van der Waals surface area contributed by atoms with Gasteiger partial charge in [-0.15, -0.1) is 0 Å². The van der Waals surface area contributed by atoms with E-state index in [2.05, 4.69) is 10.6 Å². The molecule has 5 aromatic carbocycles. The van der Waals surface area contributed by atoms with Crippen LogP contribution in [0, 0.1) is 0 Å². The molecule has 0 spiro atoms. The van der Waals surface area contributed by atoms with Gasteiger partial charge in [-0.3, -0.25) is 4.55 Å². The first kappa shape index (κ1) is 31.0. The molecule has 5 rings (SSSR count). The second-order valence-electron chi connectivity index (χ2n) is 10.3. The summed E-state index contributed by atoms with van der Waals surface area (Å²) < 4.78 is 35.0. The van der Waals surface area contributed by atoms with Gasteiger partial charge in [0, 0.05) is 30.4 Å². The number of nitrogens with one attached hydrogen (secondary N) is 2. The summed E-state index contributed by atoms with van der Waals surface area (Å²) in [4.78, 5) is 24.5. The van der Waals surface area contributed by atoms with Gasteiger partial charge in [0.05, 0.1) is 16.0 Å². The van der Waals surface area contributed by atoms with Crippen molar-refractivity contribution >= 4 is 33.4 Å². The molecule has 228 valence electrons. The topological polar surface area (TPSA) is 153 Å². The summed E-state index contributed by atoms with van der Waals surface area (Å²) >= 11 is 0. The Kier molecular flexibility index (Phi) is 9.27. The molecular formula is C35H30N2O7S. The molecule has 0 radical (unpaired) electrons. The van der Waals surface area contributed by atoms with Crippen molar-refractivity contribution in [1.82, 2.24) is 0 Å². The van der Waals surface area contributed by atoms with Gasteiger partial charge >= 0.3 is 11.9 Å². The van der Waals surface area contributed by atoms with Crippen molar-refractivity contribution in [2.45, 2.75) is 23.9 Å². The number of benzene rings is 5. The minimum Gasteiger partial charge on any atom is -0.478 e. The Bertz CT molecular complexity index is 1840. The van der Waals surface area contributed by atoms with Gasteiger partial charge in [-0.25, -0.2) is 9.59 Å². The fourth-order valence-electron chi connectivity index (χ4n) is 5.24. The van der Waals surface area contributed by atoms with Crippen LogP contribution in [0.5, 0.6) is 0 Å². The summed E-state index contributed by atoms with van der Waals surface area (Å²) in [6, 6.07) is 34.1. The standard InChI is InChI=1S/C35H30N2O7S/c38-34(39)28-19-25(15-17-30(28)36-21-23-9-3-1-4-10-23)33(27-13-7-8-14-32(27)45(42,43)44)26-16-18-31(29(20-26)35(40)41)37-22-24-11-5-2-6-12-24/h1-20,33,36-37H,21-22H2,(H,38,39)(H,40,41)(H,42,43,44). The Hall–Kier alpha value is -5.45. The molecule has 0 atom stereocenters. The highest BCUT2D eigenvalue weighted by atomic mass is 32.2. The average Bonchev–Trinajstić information content (AvgIpc) is 3.04. The average molecular weight is 623 g/mol. The third-order valence-corrected chi connectivity index (χ3v) is 8.30. The zero-order chi connectivity index (χ0) is 32.0. The van der Waals surface area contributed by atoms with Gasteiger partial charge in [0.25, 0.3) is 10.1 Å². The highest BCUT2D eigenvalue weighted by Crippen LogP contribution is 2.38. The molecule has 5 N–H and O–H groups in total. The van der Waals surface area contributed by atoms with E-state index >= 15 is 0 Å². The van der Waals surface area contributed by atoms with Crippen molar-refractivity contribution in [2.75, 3.05) is 10.6 Å². The van der Waals surface area contributed by atoms with Gasteiger partial charge in [-0.1, -0.05) is 91.0 Å². The monoisotopic (exact) mass is 622 g/mol. The van der Waals surface area contributed by atoms with E-state index in [1.54, 1.807) is 30.3 Å². The summed E-state index contributed by atoms with van der Waals surface area (Å²) in [7, 11) is -4.70. The molecule has 0 heterocycles. The lowest BCUT2D eigenvalue weighted by Crippen LogP contribution is -2.14. The van der Waals surface area contributed by atoms with Crippen molar-refractivity contribution in [3.05, 3.63) is 160 Å². The van der Waals surface area contributed by atoms with E-state index in [4.69, 9.17) is 0 Å². The predicted molar refractivity (Wildman–Crippen MR) is 172 cm³/mol. The Morgan fingerprint density at radius 1 is 0.600 bits per heavy atom. The van der Waals surface area contributed by atoms with Gasteiger partial charge in [0.15, 0.2) is 0 Å². The molecule has 0 saturated carbocycles. The normalized spacial score (nSPS) is 11.2. The lowest BCUT2D eigenvalue weighted by molar-refractivity contribution is 0.0687. The number of hydrogen-bond acceptors (Lipinski definition) is 6. The second-order valence-corrected chi connectivity index (χ2v) is 11.7. The van der Waals surface area contributed by atoms with Crippen molar-refractivity contribution in [3.8, 4) is 0 Å². The molecule has 5 aromatic rings. The molecular weight excluding hydrogens is 592 g/mol. The van der Waals surface area contributed by atoms with Crippen LogP contribution in [0.15, 0.2) is 126 Å². The maximum Gasteiger partial charge on any atom is 0.337 e. The summed E-state index contributed by atoms with van der Waals surface area (Å²) in [6.45, 7) is 0.740. The molecule has 0 aliphatic carbocycles. The van der Waals surface area contributed by atoms with E-state index < -0.39 is 28.0 Å². The largest absolute Gasteiger partial charge is 0.478 e. The third-order valence-electron chi connectivity index (χ3n) is 7.37. The van der Waals surface area contributed by atoms with Crippen molar-refractivity contribution < 1.29 is 32.8 Å². The quantitative estimate of drug-likeness (QED) is 0.0752. The van der Waals surface area contributed by atoms with Crippen LogP contribution in [0.2, 0.25) is 0 Å². The van der Waals surface area contributed by atoms with Crippen molar-refractivity contribution in [1.29, 1.82) is 0 Å². The number of carboxylic acids is 2. The maximum atomic E-state index is 12.5. The van der Waals surface area contributed by atoms with E-state index in [1.807, 2.05) is 60.7 Å². The molecule has 45 heavy (non-hydrogen) atoms. The number of rotatable bonds is 12. The maximum absolute atomic E-state index is 12.5. The van der Waals surface area contributed by atoms with Crippen LogP contribution in [-0.4, -0.2) is 35.1 Å². The Morgan fingerprint density at radius 2 is 1.02 bits per heavy atom. The van der Waals surface area contributed by atoms with Gasteiger partial charge in [-0.05, 0) is 58.1 Å². The van der Waals surface area contributed by atoms with E-state index in [1.165, 1.54) is 30.3 Å². The van der Waals surface area contributed by atoms with Gasteiger partial charge in [0.1, 0.15) is 0 Å². The fourth-order valence-corrected chi connectivity index (χ4v) is 5.97. The summed E-state index contributed by atoms with van der Waals surface area (Å²) in [5, 5.41) is 26.6. The first-order valence-electron chi connectivity index (χ1n) is 14.0. The number of anilines is 2. The third kappa shape index (κ3) is 7.38. The Balaban J connectivity index is 1.61. The smallest absolute Gasteiger partial charge is 0.337 e. The minimum atomic E-state index is -4.70. The zero-order valence-electron chi connectivity index (χ0n) is 23.9. The summed E-state index contributed by atoms with van der Waals surface area (Å²) in [5.41, 5.74) is 3.40. The minimum absolute atomic E-state index is 0.0580. The van der Waals surface area contributed by atoms with Crippen LogP contribution in [0.1, 0.15) is 54.5 Å². The highest BCUT2D eigenvalue weighted by molar-refractivity contribution is 7.85. The van der Waals surface area contributed by atoms with Crippen LogP contribution in [0.3, 0.4) is 0 Å². The fraction of sp³-hybridized carbons (Fsp3) is 0.0857. The Labute approximate surface area is 260 Å². The number of aromatic carboxylic acids is 2. The zero-order valence-corrected chi connectivity index (χ0v) is 24.7. The lowest BCUT2D eigenvalue weighted by atomic mass is 9.83. The molecule has 0 saturated heterocycles. The van der Waals surface area contributed by atoms with Gasteiger partial charge < -0.3 is 20.8 Å². The van der Waals surface area contributed by atoms with Crippen molar-refractivity contribution in [3.63, 3.8) is 0 Å². The molecule has 0 aliphatic rings. The Morgan fingerprint density at radius 3 is 1.44 bits per heavy atom. The van der Waals surface area contributed by atoms with Crippen molar-refractivity contribution in [2.24, 2.45) is 0 Å². The first-order valence-corrected chi connectivity index (χ1v) is 15.4. The molecule has 0 bridgehead atoms. The second kappa shape index (κ2) is 13.5. The summed E-state index contributed by atoms with van der Waals surface area (Å²) in [5.74, 6) is -3.37. The van der Waals surface area contributed by atoms with Crippen LogP contribution in [0.4, 0.5) is 11.4 Å². The predicted octanol–water partition coefficient (Wildman–Crippen LogP) is 6.73. The molecule has 0 amide bonds.